The summed E-state index contributed by atoms with van der Waals surface area (Å²) in [7, 11) is 0. The molecule has 0 amide bonds. The van der Waals surface area contributed by atoms with Gasteiger partial charge in [-0.3, -0.25) is 0 Å². The molecule has 2 aliphatic rings. The quantitative estimate of drug-likeness (QED) is 0.688. The van der Waals surface area contributed by atoms with Crippen LogP contribution in [0.25, 0.3) is 0 Å². The summed E-state index contributed by atoms with van der Waals surface area (Å²) in [5, 5.41) is 0. The molecule has 0 N–H and O–H groups in total. The number of rotatable bonds is 6. The smallest absolute Gasteiger partial charge is 0.126 e. The summed E-state index contributed by atoms with van der Waals surface area (Å²) in [6, 6.07) is 9.20. The molecule has 2 aliphatic heterocycles. The van der Waals surface area contributed by atoms with Gasteiger partial charge in [-0.1, -0.05) is 45.0 Å². The van der Waals surface area contributed by atoms with Gasteiger partial charge in [-0.15, -0.1) is 0 Å². The van der Waals surface area contributed by atoms with E-state index in [0.717, 1.165) is 32.7 Å². The lowest BCUT2D eigenvalue weighted by molar-refractivity contribution is 0.0180. The molecule has 0 saturated carbocycles. The van der Waals surface area contributed by atoms with Crippen molar-refractivity contribution in [3.63, 3.8) is 0 Å². The van der Waals surface area contributed by atoms with Crippen LogP contribution in [-0.2, 0) is 0 Å². The first-order valence-corrected chi connectivity index (χ1v) is 10.7. The van der Waals surface area contributed by atoms with Crippen LogP contribution in [-0.4, -0.2) is 54.7 Å². The van der Waals surface area contributed by atoms with E-state index < -0.39 is 5.67 Å². The predicted octanol–water partition coefficient (Wildman–Crippen LogP) is 5.20. The van der Waals surface area contributed by atoms with Gasteiger partial charge in [-0.2, -0.15) is 0 Å². The third-order valence-corrected chi connectivity index (χ3v) is 6.46. The summed E-state index contributed by atoms with van der Waals surface area (Å²) in [4.78, 5) is 4.80. The highest BCUT2D eigenvalue weighted by Crippen LogP contribution is 2.32. The Bertz CT molecular complexity index is 538. The highest BCUT2D eigenvalue weighted by Gasteiger charge is 2.36. The van der Waals surface area contributed by atoms with Gasteiger partial charge >= 0.3 is 0 Å². The summed E-state index contributed by atoms with van der Waals surface area (Å²) in [5.74, 6) is 1.24. The second-order valence-electron chi connectivity index (χ2n) is 8.86. The molecule has 1 aromatic carbocycles. The maximum absolute atomic E-state index is 15.2. The van der Waals surface area contributed by atoms with Crippen molar-refractivity contribution in [1.29, 1.82) is 0 Å². The molecule has 26 heavy (non-hydrogen) atoms. The number of halogens is 1. The minimum absolute atomic E-state index is 0.593. The van der Waals surface area contributed by atoms with Crippen molar-refractivity contribution in [2.45, 2.75) is 70.4 Å². The third-order valence-electron chi connectivity index (χ3n) is 6.46. The summed E-state index contributed by atoms with van der Waals surface area (Å²) in [6.45, 7) is 12.4. The average molecular weight is 361 g/mol. The van der Waals surface area contributed by atoms with E-state index in [1.54, 1.807) is 0 Å². The Morgan fingerprint density at radius 2 is 1.62 bits per heavy atom. The molecule has 3 heteroatoms. The molecule has 0 atom stereocenters. The molecule has 2 nitrogen and oxygen atoms in total. The molecule has 2 heterocycles. The average Bonchev–Trinajstić information content (AvgIpc) is 2.65. The number of benzene rings is 1. The minimum atomic E-state index is -0.962. The normalized spacial score (nSPS) is 22.8. The molecule has 0 radical (unpaired) electrons. The van der Waals surface area contributed by atoms with Crippen LogP contribution in [0, 0.1) is 0 Å². The van der Waals surface area contributed by atoms with E-state index in [2.05, 4.69) is 54.8 Å². The summed E-state index contributed by atoms with van der Waals surface area (Å²) >= 11 is 0. The lowest BCUT2D eigenvalue weighted by Gasteiger charge is -2.41. The van der Waals surface area contributed by atoms with Gasteiger partial charge in [0.2, 0.25) is 0 Å². The second-order valence-corrected chi connectivity index (χ2v) is 8.86. The standard InChI is InChI=1S/C23H37FN2/c1-4-13-25-16-11-23(24,12-17-25)18-26-14-9-22(10-15-26)21-7-5-20(6-8-21)19(2)3/h5-8,19,22H,4,9-18H2,1-3H3. The van der Waals surface area contributed by atoms with Crippen molar-refractivity contribution in [3.05, 3.63) is 35.4 Å². The van der Waals surface area contributed by atoms with Crippen LogP contribution in [0.1, 0.15) is 75.8 Å². The molecule has 3 rings (SSSR count). The fourth-order valence-electron chi connectivity index (χ4n) is 4.63. The van der Waals surface area contributed by atoms with Gasteiger partial charge in [0.25, 0.3) is 0 Å². The zero-order valence-electron chi connectivity index (χ0n) is 17.0. The van der Waals surface area contributed by atoms with Crippen molar-refractivity contribution >= 4 is 0 Å². The summed E-state index contributed by atoms with van der Waals surface area (Å²) in [5.41, 5.74) is 1.92. The van der Waals surface area contributed by atoms with Crippen molar-refractivity contribution in [3.8, 4) is 0 Å². The Balaban J connectivity index is 1.46. The number of alkyl halides is 1. The van der Waals surface area contributed by atoms with Crippen LogP contribution < -0.4 is 0 Å². The van der Waals surface area contributed by atoms with Crippen LogP contribution in [0.15, 0.2) is 24.3 Å². The monoisotopic (exact) mass is 360 g/mol. The first-order chi connectivity index (χ1) is 12.5. The maximum Gasteiger partial charge on any atom is 0.126 e. The van der Waals surface area contributed by atoms with E-state index in [1.807, 2.05) is 0 Å². The minimum Gasteiger partial charge on any atom is -0.303 e. The molecule has 2 fully saturated rings. The molecule has 0 unspecified atom stereocenters. The third kappa shape index (κ3) is 5.07. The van der Waals surface area contributed by atoms with E-state index in [1.165, 1.54) is 30.4 Å². The van der Waals surface area contributed by atoms with Gasteiger partial charge in [-0.05, 0) is 74.7 Å². The Morgan fingerprint density at radius 3 is 2.15 bits per heavy atom. The van der Waals surface area contributed by atoms with Gasteiger partial charge in [0.05, 0.1) is 0 Å². The van der Waals surface area contributed by atoms with E-state index in [-0.39, 0.29) is 0 Å². The molecule has 2 saturated heterocycles. The van der Waals surface area contributed by atoms with Crippen molar-refractivity contribution in [1.82, 2.24) is 9.80 Å². The zero-order valence-corrected chi connectivity index (χ0v) is 17.0. The lowest BCUT2D eigenvalue weighted by atomic mass is 9.86. The van der Waals surface area contributed by atoms with E-state index in [9.17, 15) is 0 Å². The summed E-state index contributed by atoms with van der Waals surface area (Å²) < 4.78 is 15.2. The van der Waals surface area contributed by atoms with Crippen LogP contribution in [0.2, 0.25) is 0 Å². The Labute approximate surface area is 159 Å². The van der Waals surface area contributed by atoms with Crippen molar-refractivity contribution in [2.75, 3.05) is 39.3 Å². The van der Waals surface area contributed by atoms with E-state index in [4.69, 9.17) is 0 Å². The van der Waals surface area contributed by atoms with Crippen LogP contribution in [0.5, 0.6) is 0 Å². The van der Waals surface area contributed by atoms with Gasteiger partial charge in [0.1, 0.15) is 5.67 Å². The fraction of sp³-hybridized carbons (Fsp3) is 0.739. The molecular formula is C23H37FN2. The van der Waals surface area contributed by atoms with Crippen molar-refractivity contribution in [2.24, 2.45) is 0 Å². The number of hydrogen-bond donors (Lipinski definition) is 0. The molecule has 0 aliphatic carbocycles. The second kappa shape index (κ2) is 8.84. The highest BCUT2D eigenvalue weighted by atomic mass is 19.1. The predicted molar refractivity (Wildman–Crippen MR) is 109 cm³/mol. The molecule has 0 aromatic heterocycles. The van der Waals surface area contributed by atoms with Gasteiger partial charge in [0, 0.05) is 19.6 Å². The molecule has 0 spiro atoms. The number of hydrogen-bond acceptors (Lipinski definition) is 2. The summed E-state index contributed by atoms with van der Waals surface area (Å²) in [6.07, 6.45) is 4.93. The fourth-order valence-corrected chi connectivity index (χ4v) is 4.63. The topological polar surface area (TPSA) is 6.48 Å². The van der Waals surface area contributed by atoms with Gasteiger partial charge in [-0.25, -0.2) is 4.39 Å². The number of likely N-dealkylation sites (tertiary alicyclic amines) is 2. The van der Waals surface area contributed by atoms with Gasteiger partial charge in [0.15, 0.2) is 0 Å². The van der Waals surface area contributed by atoms with E-state index in [0.29, 0.717) is 31.2 Å². The van der Waals surface area contributed by atoms with E-state index >= 15 is 4.39 Å². The molecular weight excluding hydrogens is 323 g/mol. The van der Waals surface area contributed by atoms with Crippen LogP contribution >= 0.6 is 0 Å². The van der Waals surface area contributed by atoms with Crippen LogP contribution in [0.4, 0.5) is 4.39 Å². The Kier molecular flexibility index (Phi) is 6.74. The maximum atomic E-state index is 15.2. The number of piperidine rings is 2. The first kappa shape index (κ1) is 19.8. The lowest BCUT2D eigenvalue weighted by Crippen LogP contribution is -2.49. The molecule has 0 bridgehead atoms. The van der Waals surface area contributed by atoms with Gasteiger partial charge < -0.3 is 9.80 Å². The molecule has 146 valence electrons. The zero-order chi connectivity index (χ0) is 18.6. The SMILES string of the molecule is CCCN1CCC(F)(CN2CCC(c3ccc(C(C)C)cc3)CC2)CC1. The highest BCUT2D eigenvalue weighted by molar-refractivity contribution is 5.27. The Morgan fingerprint density at radius 1 is 1.00 bits per heavy atom. The number of nitrogens with zero attached hydrogens (tertiary/aromatic N) is 2. The van der Waals surface area contributed by atoms with Crippen LogP contribution in [0.3, 0.4) is 0 Å². The first-order valence-electron chi connectivity index (χ1n) is 10.7. The molecule has 1 aromatic rings. The van der Waals surface area contributed by atoms with Crippen molar-refractivity contribution < 1.29 is 4.39 Å². The largest absolute Gasteiger partial charge is 0.303 e. The Hall–Kier alpha value is -0.930.